The maximum atomic E-state index is 4.68. The molecule has 0 aromatic heterocycles. The van der Waals surface area contributed by atoms with Crippen molar-refractivity contribution in [3.8, 4) is 0 Å². The minimum absolute atomic E-state index is 0. The topological polar surface area (TPSA) is 12.4 Å². The van der Waals surface area contributed by atoms with Crippen molar-refractivity contribution in [3.05, 3.63) is 69.5 Å². The van der Waals surface area contributed by atoms with Crippen molar-refractivity contribution in [3.63, 3.8) is 0 Å². The van der Waals surface area contributed by atoms with Gasteiger partial charge >= 0.3 is 0 Å². The molecule has 1 aliphatic carbocycles. The summed E-state index contributed by atoms with van der Waals surface area (Å²) in [5.41, 5.74) is 2.35. The molecule has 17 heavy (non-hydrogen) atoms. The molecule has 78 valence electrons. The number of nitrogens with zero attached hydrogens (tertiary/aromatic N) is 1. The molecule has 0 saturated carbocycles. The van der Waals surface area contributed by atoms with Gasteiger partial charge in [-0.25, -0.2) is 0 Å². The molecule has 0 spiro atoms. The molecule has 0 amide bonds. The van der Waals surface area contributed by atoms with Crippen LogP contribution in [0.1, 0.15) is 0 Å². The van der Waals surface area contributed by atoms with Crippen LogP contribution in [0, 0.1) is 6.07 Å². The second-order valence-electron chi connectivity index (χ2n) is 4.03. The van der Waals surface area contributed by atoms with Gasteiger partial charge in [0.05, 0.1) is 5.36 Å². The third kappa shape index (κ3) is 1.40. The van der Waals surface area contributed by atoms with E-state index in [0.29, 0.717) is 0 Å². The van der Waals surface area contributed by atoms with E-state index >= 15 is 0 Å². The van der Waals surface area contributed by atoms with Gasteiger partial charge in [0, 0.05) is 27.4 Å². The van der Waals surface area contributed by atoms with E-state index < -0.39 is 0 Å². The summed E-state index contributed by atoms with van der Waals surface area (Å²) in [4.78, 5) is 4.68. The molecule has 1 aliphatic heterocycles. The van der Waals surface area contributed by atoms with Gasteiger partial charge in [0.15, 0.2) is 0 Å². The number of benzene rings is 2. The SMILES string of the molecule is [Ti].[c-]1cccc2c1=CC1=c3ccccc3=NC=21. The molecule has 2 aliphatic rings. The van der Waals surface area contributed by atoms with Crippen LogP contribution in [-0.4, -0.2) is 0 Å². The Morgan fingerprint density at radius 1 is 0.941 bits per heavy atom. The van der Waals surface area contributed by atoms with Gasteiger partial charge in [-0.1, -0.05) is 23.4 Å². The summed E-state index contributed by atoms with van der Waals surface area (Å²) in [5, 5.41) is 4.68. The first kappa shape index (κ1) is 10.7. The van der Waals surface area contributed by atoms with Crippen LogP contribution in [0.5, 0.6) is 0 Å². The maximum absolute atomic E-state index is 4.68. The first-order chi connectivity index (χ1) is 7.93. The number of rotatable bonds is 0. The van der Waals surface area contributed by atoms with Crippen LogP contribution in [-0.2, 0) is 21.7 Å². The predicted octanol–water partition coefficient (Wildman–Crippen LogP) is -0.129. The van der Waals surface area contributed by atoms with E-state index in [1.807, 2.05) is 18.2 Å². The van der Waals surface area contributed by atoms with E-state index in [0.717, 1.165) is 16.3 Å². The van der Waals surface area contributed by atoms with Crippen LogP contribution >= 0.6 is 0 Å². The first-order valence-corrected chi connectivity index (χ1v) is 5.35. The average Bonchev–Trinajstić information content (AvgIpc) is 2.85. The second-order valence-corrected chi connectivity index (χ2v) is 4.03. The predicted molar refractivity (Wildman–Crippen MR) is 63.0 cm³/mol. The number of para-hydroxylation sites is 1. The van der Waals surface area contributed by atoms with E-state index in [9.17, 15) is 0 Å². The van der Waals surface area contributed by atoms with E-state index in [1.54, 1.807) is 0 Å². The Balaban J connectivity index is 0.000000902. The Morgan fingerprint density at radius 2 is 1.76 bits per heavy atom. The molecule has 0 saturated heterocycles. The Labute approximate surface area is 113 Å². The van der Waals surface area contributed by atoms with Crippen LogP contribution in [0.25, 0.3) is 17.3 Å². The molecule has 0 N–H and O–H groups in total. The average molecular weight is 250 g/mol. The quantitative estimate of drug-likeness (QED) is 0.456. The number of hydrogen-bond acceptors (Lipinski definition) is 1. The fourth-order valence-electron chi connectivity index (χ4n) is 2.38. The van der Waals surface area contributed by atoms with Crippen LogP contribution in [0.2, 0.25) is 0 Å². The molecule has 1 heterocycles. The van der Waals surface area contributed by atoms with E-state index in [4.69, 9.17) is 0 Å². The zero-order chi connectivity index (χ0) is 10.5. The fourth-order valence-corrected chi connectivity index (χ4v) is 2.38. The monoisotopic (exact) mass is 250 g/mol. The van der Waals surface area contributed by atoms with Gasteiger partial charge in [-0.2, -0.15) is 0 Å². The largest absolute Gasteiger partial charge is 0.258 e. The zero-order valence-electron chi connectivity index (χ0n) is 9.07. The van der Waals surface area contributed by atoms with Crippen molar-refractivity contribution in [1.29, 1.82) is 0 Å². The molecule has 2 aromatic rings. The molecule has 4 rings (SSSR count). The molecule has 2 aromatic carbocycles. The van der Waals surface area contributed by atoms with E-state index in [-0.39, 0.29) is 21.7 Å². The summed E-state index contributed by atoms with van der Waals surface area (Å²) >= 11 is 0. The Hall–Kier alpha value is -1.44. The molecule has 0 atom stereocenters. The maximum Gasteiger partial charge on any atom is 0.0697 e. The minimum Gasteiger partial charge on any atom is -0.258 e. The fraction of sp³-hybridized carbons (Fsp3) is 0. The van der Waals surface area contributed by atoms with Gasteiger partial charge < -0.3 is 0 Å². The molecule has 0 bridgehead atoms. The van der Waals surface area contributed by atoms with Gasteiger partial charge in [0.2, 0.25) is 0 Å². The minimum atomic E-state index is 0. The smallest absolute Gasteiger partial charge is 0.0697 e. The van der Waals surface area contributed by atoms with Crippen molar-refractivity contribution >= 4 is 17.3 Å². The molecule has 0 radical (unpaired) electrons. The Kier molecular flexibility index (Phi) is 2.39. The molecular formula is C15H8NTi-. The van der Waals surface area contributed by atoms with Crippen molar-refractivity contribution in [2.24, 2.45) is 4.99 Å². The van der Waals surface area contributed by atoms with Crippen LogP contribution in [0.3, 0.4) is 0 Å². The summed E-state index contributed by atoms with van der Waals surface area (Å²) in [6, 6.07) is 17.6. The Morgan fingerprint density at radius 3 is 2.71 bits per heavy atom. The summed E-state index contributed by atoms with van der Waals surface area (Å²) in [5.74, 6) is 0. The van der Waals surface area contributed by atoms with E-state index in [2.05, 4.69) is 41.4 Å². The number of hydrogen-bond donors (Lipinski definition) is 0. The summed E-state index contributed by atoms with van der Waals surface area (Å²) in [6.07, 6.45) is 2.18. The Bertz CT molecular complexity index is 773. The molecular weight excluding hydrogens is 242 g/mol. The summed E-state index contributed by atoms with van der Waals surface area (Å²) in [7, 11) is 0. The molecule has 0 unspecified atom stereocenters. The van der Waals surface area contributed by atoms with Gasteiger partial charge in [0.25, 0.3) is 0 Å². The van der Waals surface area contributed by atoms with Crippen LogP contribution < -0.4 is 21.0 Å². The van der Waals surface area contributed by atoms with Crippen LogP contribution in [0.15, 0.2) is 47.5 Å². The van der Waals surface area contributed by atoms with Gasteiger partial charge in [0.1, 0.15) is 0 Å². The van der Waals surface area contributed by atoms with Crippen molar-refractivity contribution in [2.45, 2.75) is 0 Å². The second kappa shape index (κ2) is 3.80. The molecule has 1 nitrogen and oxygen atoms in total. The normalized spacial score (nSPS) is 14.1. The first-order valence-electron chi connectivity index (χ1n) is 5.35. The third-order valence-electron chi connectivity index (χ3n) is 3.11. The standard InChI is InChI=1S/C15H8N.Ti/c1-2-6-11-10(5-1)9-13-12-7-3-4-8-14(12)16-15(11)13;/h1-4,6-9H;/q-1;. The molecule has 2 heteroatoms. The van der Waals surface area contributed by atoms with E-state index in [1.165, 1.54) is 16.0 Å². The summed E-state index contributed by atoms with van der Waals surface area (Å²) < 4.78 is 0. The summed E-state index contributed by atoms with van der Waals surface area (Å²) in [6.45, 7) is 0. The van der Waals surface area contributed by atoms with Crippen molar-refractivity contribution in [2.75, 3.05) is 0 Å². The van der Waals surface area contributed by atoms with Crippen molar-refractivity contribution in [1.82, 2.24) is 0 Å². The van der Waals surface area contributed by atoms with Crippen molar-refractivity contribution < 1.29 is 21.7 Å². The third-order valence-corrected chi connectivity index (χ3v) is 3.11. The molecule has 0 fully saturated rings. The number of fused-ring (bicyclic) bond motifs is 3. The van der Waals surface area contributed by atoms with Gasteiger partial charge in [-0.3, -0.25) is 4.99 Å². The zero-order valence-corrected chi connectivity index (χ0v) is 10.6. The van der Waals surface area contributed by atoms with Crippen LogP contribution in [0.4, 0.5) is 0 Å². The van der Waals surface area contributed by atoms with Gasteiger partial charge in [-0.05, 0) is 16.9 Å². The van der Waals surface area contributed by atoms with Gasteiger partial charge in [-0.15, -0.1) is 35.6 Å².